The molecule has 0 atom stereocenters. The number of amides is 1. The SMILES string of the molecule is COc1ccc(NC(=O)Cc2c(C)c3c(OC)cc(OC)cc3oc2=O)c(OC)c1. The predicted octanol–water partition coefficient (Wildman–Crippen LogP) is 3.32. The maximum atomic E-state index is 12.7. The number of carbonyl (C=O) groups is 1. The van der Waals surface area contributed by atoms with Crippen LogP contribution in [0.4, 0.5) is 5.69 Å². The molecule has 1 heterocycles. The second kappa shape index (κ2) is 8.77. The standard InChI is InChI=1S/C22H23NO7/c1-12-15(11-20(24)23-16-7-6-13(26-2)8-17(16)28-4)22(25)30-19-10-14(27-3)9-18(29-5)21(12)19/h6-10H,11H2,1-5H3,(H,23,24). The smallest absolute Gasteiger partial charge is 0.340 e. The van der Waals surface area contributed by atoms with Crippen LogP contribution in [0.15, 0.2) is 39.5 Å². The molecule has 0 spiro atoms. The fourth-order valence-electron chi connectivity index (χ4n) is 3.22. The summed E-state index contributed by atoms with van der Waals surface area (Å²) in [6, 6.07) is 8.33. The highest BCUT2D eigenvalue weighted by Crippen LogP contribution is 2.34. The first kappa shape index (κ1) is 21.0. The van der Waals surface area contributed by atoms with Crippen LogP contribution >= 0.6 is 0 Å². The molecule has 0 unspecified atom stereocenters. The Balaban J connectivity index is 1.96. The number of ether oxygens (including phenoxy) is 4. The van der Waals surface area contributed by atoms with E-state index in [1.165, 1.54) is 21.3 Å². The van der Waals surface area contributed by atoms with E-state index in [9.17, 15) is 9.59 Å². The molecule has 0 fully saturated rings. The van der Waals surface area contributed by atoms with Gasteiger partial charge in [-0.25, -0.2) is 4.79 Å². The minimum Gasteiger partial charge on any atom is -0.497 e. The Morgan fingerprint density at radius 2 is 1.60 bits per heavy atom. The second-order valence-electron chi connectivity index (χ2n) is 6.49. The van der Waals surface area contributed by atoms with Crippen molar-refractivity contribution < 1.29 is 28.2 Å². The first-order chi connectivity index (χ1) is 14.4. The molecule has 1 amide bonds. The van der Waals surface area contributed by atoms with Crippen LogP contribution in [-0.2, 0) is 11.2 Å². The molecule has 0 radical (unpaired) electrons. The number of nitrogens with one attached hydrogen (secondary N) is 1. The summed E-state index contributed by atoms with van der Waals surface area (Å²) in [5, 5.41) is 3.37. The third kappa shape index (κ3) is 4.03. The summed E-state index contributed by atoms with van der Waals surface area (Å²) in [4.78, 5) is 25.2. The molecule has 8 heteroatoms. The van der Waals surface area contributed by atoms with Crippen LogP contribution in [-0.4, -0.2) is 34.3 Å². The van der Waals surface area contributed by atoms with Crippen molar-refractivity contribution in [2.45, 2.75) is 13.3 Å². The molecule has 3 rings (SSSR count). The van der Waals surface area contributed by atoms with E-state index < -0.39 is 5.63 Å². The van der Waals surface area contributed by atoms with Gasteiger partial charge in [-0.3, -0.25) is 4.79 Å². The molecule has 0 saturated heterocycles. The Labute approximate surface area is 173 Å². The van der Waals surface area contributed by atoms with E-state index in [2.05, 4.69) is 5.32 Å². The van der Waals surface area contributed by atoms with Gasteiger partial charge in [-0.05, 0) is 24.6 Å². The highest BCUT2D eigenvalue weighted by atomic mass is 16.5. The lowest BCUT2D eigenvalue weighted by molar-refractivity contribution is -0.115. The number of anilines is 1. The van der Waals surface area contributed by atoms with E-state index in [-0.39, 0.29) is 17.9 Å². The summed E-state index contributed by atoms with van der Waals surface area (Å²) in [6.07, 6.45) is -0.172. The number of methoxy groups -OCH3 is 4. The Morgan fingerprint density at radius 3 is 2.23 bits per heavy atom. The third-order valence-electron chi connectivity index (χ3n) is 4.79. The zero-order valence-electron chi connectivity index (χ0n) is 17.5. The second-order valence-corrected chi connectivity index (χ2v) is 6.49. The summed E-state index contributed by atoms with van der Waals surface area (Å²) in [7, 11) is 6.06. The number of rotatable bonds is 7. The van der Waals surface area contributed by atoms with Gasteiger partial charge in [0.2, 0.25) is 5.91 Å². The molecule has 0 aliphatic heterocycles. The number of carbonyl (C=O) groups excluding carboxylic acids is 1. The van der Waals surface area contributed by atoms with Crippen LogP contribution in [0.2, 0.25) is 0 Å². The van der Waals surface area contributed by atoms with Gasteiger partial charge in [0.05, 0.1) is 51.5 Å². The normalized spacial score (nSPS) is 10.6. The number of benzene rings is 2. The Morgan fingerprint density at radius 1 is 0.933 bits per heavy atom. The first-order valence-corrected chi connectivity index (χ1v) is 9.12. The van der Waals surface area contributed by atoms with Crippen molar-refractivity contribution in [3.05, 3.63) is 51.9 Å². The van der Waals surface area contributed by atoms with Gasteiger partial charge in [0.15, 0.2) is 0 Å². The molecule has 0 bridgehead atoms. The van der Waals surface area contributed by atoms with Gasteiger partial charge in [0.1, 0.15) is 28.6 Å². The number of aryl methyl sites for hydroxylation is 1. The average molecular weight is 413 g/mol. The maximum absolute atomic E-state index is 12.7. The molecule has 0 aliphatic rings. The van der Waals surface area contributed by atoms with Crippen molar-refractivity contribution in [3.63, 3.8) is 0 Å². The van der Waals surface area contributed by atoms with E-state index in [0.717, 1.165) is 0 Å². The van der Waals surface area contributed by atoms with Gasteiger partial charge >= 0.3 is 5.63 Å². The van der Waals surface area contributed by atoms with Gasteiger partial charge in [-0.1, -0.05) is 0 Å². The topological polar surface area (TPSA) is 96.2 Å². The third-order valence-corrected chi connectivity index (χ3v) is 4.79. The van der Waals surface area contributed by atoms with E-state index >= 15 is 0 Å². The molecule has 158 valence electrons. The number of hydrogen-bond donors (Lipinski definition) is 1. The monoisotopic (exact) mass is 413 g/mol. The lowest BCUT2D eigenvalue weighted by Gasteiger charge is -2.14. The quantitative estimate of drug-likeness (QED) is 0.594. The van der Waals surface area contributed by atoms with Crippen molar-refractivity contribution >= 4 is 22.6 Å². The Bertz CT molecular complexity index is 1150. The van der Waals surface area contributed by atoms with Crippen LogP contribution in [0.25, 0.3) is 11.0 Å². The fraction of sp³-hybridized carbons (Fsp3) is 0.273. The van der Waals surface area contributed by atoms with Crippen LogP contribution in [0.3, 0.4) is 0 Å². The average Bonchev–Trinajstić information content (AvgIpc) is 2.75. The fourth-order valence-corrected chi connectivity index (χ4v) is 3.22. The van der Waals surface area contributed by atoms with Crippen molar-refractivity contribution in [2.75, 3.05) is 33.8 Å². The maximum Gasteiger partial charge on any atom is 0.340 e. The molecular weight excluding hydrogens is 390 g/mol. The molecule has 0 saturated carbocycles. The van der Waals surface area contributed by atoms with Crippen molar-refractivity contribution in [3.8, 4) is 23.0 Å². The molecule has 2 aromatic carbocycles. The lowest BCUT2D eigenvalue weighted by Crippen LogP contribution is -2.21. The van der Waals surface area contributed by atoms with Crippen molar-refractivity contribution in [1.29, 1.82) is 0 Å². The van der Waals surface area contributed by atoms with Gasteiger partial charge in [0.25, 0.3) is 0 Å². The minimum absolute atomic E-state index is 0.172. The summed E-state index contributed by atoms with van der Waals surface area (Å²) in [5.41, 5.74) is 1.06. The van der Waals surface area contributed by atoms with Crippen LogP contribution < -0.4 is 29.9 Å². The number of fused-ring (bicyclic) bond motifs is 1. The summed E-state index contributed by atoms with van der Waals surface area (Å²) in [6.45, 7) is 1.75. The Hall–Kier alpha value is -3.68. The van der Waals surface area contributed by atoms with Crippen molar-refractivity contribution in [1.82, 2.24) is 0 Å². The summed E-state index contributed by atoms with van der Waals surface area (Å²) in [5.74, 6) is 1.64. The van der Waals surface area contributed by atoms with Gasteiger partial charge in [-0.15, -0.1) is 0 Å². The molecule has 1 N–H and O–H groups in total. The Kier molecular flexibility index (Phi) is 6.15. The van der Waals surface area contributed by atoms with E-state index in [1.54, 1.807) is 44.4 Å². The van der Waals surface area contributed by atoms with E-state index in [0.29, 0.717) is 45.2 Å². The van der Waals surface area contributed by atoms with E-state index in [1.807, 2.05) is 0 Å². The predicted molar refractivity (Wildman–Crippen MR) is 112 cm³/mol. The minimum atomic E-state index is -0.591. The lowest BCUT2D eigenvalue weighted by atomic mass is 10.0. The molecule has 3 aromatic rings. The van der Waals surface area contributed by atoms with Gasteiger partial charge in [0, 0.05) is 18.2 Å². The summed E-state index contributed by atoms with van der Waals surface area (Å²) >= 11 is 0. The van der Waals surface area contributed by atoms with Gasteiger partial charge in [-0.2, -0.15) is 0 Å². The van der Waals surface area contributed by atoms with Crippen molar-refractivity contribution in [2.24, 2.45) is 0 Å². The zero-order valence-corrected chi connectivity index (χ0v) is 17.5. The molecular formula is C22H23NO7. The highest BCUT2D eigenvalue weighted by Gasteiger charge is 2.19. The summed E-state index contributed by atoms with van der Waals surface area (Å²) < 4.78 is 26.5. The molecule has 0 aliphatic carbocycles. The molecule has 1 aromatic heterocycles. The molecule has 8 nitrogen and oxygen atoms in total. The zero-order chi connectivity index (χ0) is 21.8. The van der Waals surface area contributed by atoms with Crippen LogP contribution in [0.5, 0.6) is 23.0 Å². The van der Waals surface area contributed by atoms with Crippen LogP contribution in [0.1, 0.15) is 11.1 Å². The highest BCUT2D eigenvalue weighted by molar-refractivity contribution is 5.95. The number of hydrogen-bond acceptors (Lipinski definition) is 7. The largest absolute Gasteiger partial charge is 0.497 e. The van der Waals surface area contributed by atoms with Crippen LogP contribution in [0, 0.1) is 6.92 Å². The molecule has 30 heavy (non-hydrogen) atoms. The van der Waals surface area contributed by atoms with Gasteiger partial charge < -0.3 is 28.7 Å². The first-order valence-electron chi connectivity index (χ1n) is 9.12. The van der Waals surface area contributed by atoms with E-state index in [4.69, 9.17) is 23.4 Å².